The third-order valence-electron chi connectivity index (χ3n) is 3.71. The lowest BCUT2D eigenvalue weighted by molar-refractivity contribution is 0.534. The first-order chi connectivity index (χ1) is 11.6. The number of fused-ring (bicyclic) bond motifs is 1. The quantitative estimate of drug-likeness (QED) is 0.339. The summed E-state index contributed by atoms with van der Waals surface area (Å²) in [5.41, 5.74) is 2.64. The molecule has 134 valence electrons. The van der Waals surface area contributed by atoms with Gasteiger partial charge in [-0.1, -0.05) is 0 Å². The maximum absolute atomic E-state index is 13.4. The Morgan fingerprint density at radius 2 is 2.04 bits per heavy atom. The van der Waals surface area contributed by atoms with E-state index in [9.17, 15) is 4.39 Å². The minimum absolute atomic E-state index is 0. The van der Waals surface area contributed by atoms with Gasteiger partial charge in [-0.3, -0.25) is 4.99 Å². The van der Waals surface area contributed by atoms with E-state index >= 15 is 0 Å². The topological polar surface area (TPSA) is 62.5 Å². The van der Waals surface area contributed by atoms with Crippen LogP contribution in [0, 0.1) is 19.7 Å². The molecule has 0 saturated heterocycles. The van der Waals surface area contributed by atoms with Crippen molar-refractivity contribution in [3.8, 4) is 0 Å². The van der Waals surface area contributed by atoms with Crippen LogP contribution in [-0.4, -0.2) is 18.0 Å². The summed E-state index contributed by atoms with van der Waals surface area (Å²) in [4.78, 5) is 8.60. The van der Waals surface area contributed by atoms with Crippen molar-refractivity contribution in [1.82, 2.24) is 15.6 Å². The van der Waals surface area contributed by atoms with Gasteiger partial charge in [0, 0.05) is 29.1 Å². The molecule has 25 heavy (non-hydrogen) atoms. The molecule has 0 radical (unpaired) electrons. The van der Waals surface area contributed by atoms with E-state index in [1.165, 1.54) is 12.1 Å². The van der Waals surface area contributed by atoms with Crippen LogP contribution in [0.5, 0.6) is 0 Å². The van der Waals surface area contributed by atoms with Crippen LogP contribution < -0.4 is 10.6 Å². The lowest BCUT2D eigenvalue weighted by atomic mass is 10.1. The van der Waals surface area contributed by atoms with Crippen molar-refractivity contribution in [2.75, 3.05) is 7.05 Å². The SMILES string of the molecule is CN=C(NCc1nc(C)cs1)NCc1oc2ccc(F)cc2c1C.I. The molecule has 3 rings (SSSR count). The zero-order valence-electron chi connectivity index (χ0n) is 14.2. The second-order valence-electron chi connectivity index (χ2n) is 5.45. The predicted octanol–water partition coefficient (Wildman–Crippen LogP) is 4.13. The molecule has 0 saturated carbocycles. The Balaban J connectivity index is 0.00000225. The van der Waals surface area contributed by atoms with Gasteiger partial charge in [0.25, 0.3) is 0 Å². The molecule has 2 aromatic heterocycles. The highest BCUT2D eigenvalue weighted by Crippen LogP contribution is 2.25. The van der Waals surface area contributed by atoms with Crippen molar-refractivity contribution in [2.45, 2.75) is 26.9 Å². The fourth-order valence-electron chi connectivity index (χ4n) is 2.44. The predicted molar refractivity (Wildman–Crippen MR) is 110 cm³/mol. The van der Waals surface area contributed by atoms with Crippen molar-refractivity contribution in [3.05, 3.63) is 51.4 Å². The number of guanidine groups is 1. The molecule has 0 spiro atoms. The van der Waals surface area contributed by atoms with Crippen LogP contribution in [-0.2, 0) is 13.1 Å². The van der Waals surface area contributed by atoms with E-state index < -0.39 is 0 Å². The minimum atomic E-state index is -0.262. The van der Waals surface area contributed by atoms with Crippen molar-refractivity contribution in [2.24, 2.45) is 4.99 Å². The second-order valence-corrected chi connectivity index (χ2v) is 6.40. The van der Waals surface area contributed by atoms with E-state index in [2.05, 4.69) is 20.6 Å². The van der Waals surface area contributed by atoms with Gasteiger partial charge in [0.15, 0.2) is 5.96 Å². The number of rotatable bonds is 4. The van der Waals surface area contributed by atoms with Gasteiger partial charge < -0.3 is 15.1 Å². The smallest absolute Gasteiger partial charge is 0.191 e. The van der Waals surface area contributed by atoms with Crippen LogP contribution >= 0.6 is 35.3 Å². The Morgan fingerprint density at radius 1 is 1.28 bits per heavy atom. The molecule has 2 N–H and O–H groups in total. The number of benzene rings is 1. The van der Waals surface area contributed by atoms with Gasteiger partial charge in [0.2, 0.25) is 0 Å². The zero-order valence-corrected chi connectivity index (χ0v) is 17.4. The molecular weight excluding hydrogens is 454 g/mol. The van der Waals surface area contributed by atoms with Gasteiger partial charge in [-0.2, -0.15) is 0 Å². The summed E-state index contributed by atoms with van der Waals surface area (Å²) in [5.74, 6) is 1.17. The third-order valence-corrected chi connectivity index (χ3v) is 4.68. The van der Waals surface area contributed by atoms with Gasteiger partial charge in [0.1, 0.15) is 22.2 Å². The van der Waals surface area contributed by atoms with E-state index in [0.29, 0.717) is 24.6 Å². The first-order valence-electron chi connectivity index (χ1n) is 7.60. The fourth-order valence-corrected chi connectivity index (χ4v) is 3.15. The Bertz CT molecular complexity index is 890. The van der Waals surface area contributed by atoms with Crippen LogP contribution in [0.2, 0.25) is 0 Å². The molecular formula is C17H20FIN4OS. The molecule has 0 aliphatic heterocycles. The maximum Gasteiger partial charge on any atom is 0.191 e. The zero-order chi connectivity index (χ0) is 17.1. The van der Waals surface area contributed by atoms with Gasteiger partial charge in [-0.05, 0) is 32.0 Å². The summed E-state index contributed by atoms with van der Waals surface area (Å²) in [7, 11) is 1.71. The van der Waals surface area contributed by atoms with Crippen molar-refractivity contribution >= 4 is 52.2 Å². The normalized spacial score (nSPS) is 11.4. The number of hydrogen-bond acceptors (Lipinski definition) is 4. The summed E-state index contributed by atoms with van der Waals surface area (Å²) in [6.07, 6.45) is 0. The number of furan rings is 1. The van der Waals surface area contributed by atoms with Crippen LogP contribution in [0.3, 0.4) is 0 Å². The van der Waals surface area contributed by atoms with E-state index in [-0.39, 0.29) is 29.8 Å². The first-order valence-corrected chi connectivity index (χ1v) is 8.48. The third kappa shape index (κ3) is 4.69. The molecule has 0 fully saturated rings. The number of hydrogen-bond donors (Lipinski definition) is 2. The van der Waals surface area contributed by atoms with Crippen molar-refractivity contribution < 1.29 is 8.81 Å². The number of halogens is 2. The summed E-state index contributed by atoms with van der Waals surface area (Å²) >= 11 is 1.61. The summed E-state index contributed by atoms with van der Waals surface area (Å²) < 4.78 is 19.2. The number of aromatic nitrogens is 1. The Hall–Kier alpha value is -1.68. The monoisotopic (exact) mass is 474 g/mol. The molecule has 0 amide bonds. The summed E-state index contributed by atoms with van der Waals surface area (Å²) in [6, 6.07) is 4.55. The van der Waals surface area contributed by atoms with Crippen molar-refractivity contribution in [1.29, 1.82) is 0 Å². The summed E-state index contributed by atoms with van der Waals surface area (Å²) in [5, 5.41) is 10.2. The molecule has 3 aromatic rings. The molecule has 8 heteroatoms. The molecule has 2 heterocycles. The van der Waals surface area contributed by atoms with Crippen LogP contribution in [0.4, 0.5) is 4.39 Å². The van der Waals surface area contributed by atoms with Crippen molar-refractivity contribution in [3.63, 3.8) is 0 Å². The van der Waals surface area contributed by atoms with Gasteiger partial charge in [-0.25, -0.2) is 9.37 Å². The molecule has 0 unspecified atom stereocenters. The number of thiazole rings is 1. The largest absolute Gasteiger partial charge is 0.459 e. The average molecular weight is 474 g/mol. The van der Waals surface area contributed by atoms with Gasteiger partial charge in [-0.15, -0.1) is 35.3 Å². The highest BCUT2D eigenvalue weighted by Gasteiger charge is 2.11. The molecule has 0 aliphatic rings. The minimum Gasteiger partial charge on any atom is -0.459 e. The Kier molecular flexibility index (Phi) is 6.77. The highest BCUT2D eigenvalue weighted by atomic mass is 127. The van der Waals surface area contributed by atoms with Crippen LogP contribution in [0.1, 0.15) is 22.0 Å². The van der Waals surface area contributed by atoms with E-state index in [0.717, 1.165) is 27.4 Å². The molecule has 0 aliphatic carbocycles. The van der Waals surface area contributed by atoms with Crippen LogP contribution in [0.25, 0.3) is 11.0 Å². The molecule has 0 atom stereocenters. The van der Waals surface area contributed by atoms with Crippen LogP contribution in [0.15, 0.2) is 33.0 Å². The molecule has 0 bridgehead atoms. The highest BCUT2D eigenvalue weighted by molar-refractivity contribution is 14.0. The number of nitrogens with zero attached hydrogens (tertiary/aromatic N) is 2. The number of aryl methyl sites for hydroxylation is 2. The van der Waals surface area contributed by atoms with E-state index in [1.54, 1.807) is 24.5 Å². The fraction of sp³-hybridized carbons (Fsp3) is 0.294. The van der Waals surface area contributed by atoms with Gasteiger partial charge in [0.05, 0.1) is 13.1 Å². The van der Waals surface area contributed by atoms with E-state index in [4.69, 9.17) is 4.42 Å². The Labute approximate surface area is 166 Å². The summed E-state index contributed by atoms with van der Waals surface area (Å²) in [6.45, 7) is 4.98. The molecule has 1 aromatic carbocycles. The lowest BCUT2D eigenvalue weighted by Gasteiger charge is -2.10. The Morgan fingerprint density at radius 3 is 2.72 bits per heavy atom. The number of aliphatic imine (C=N–C) groups is 1. The molecule has 5 nitrogen and oxygen atoms in total. The first kappa shape index (κ1) is 19.6. The second kappa shape index (κ2) is 8.61. The maximum atomic E-state index is 13.4. The van der Waals surface area contributed by atoms with Gasteiger partial charge >= 0.3 is 0 Å². The standard InChI is InChI=1S/C17H19FN4OS.HI/c1-10-9-24-16(22-10)8-21-17(19-3)20-7-15-11(2)13-6-12(18)4-5-14(13)23-15;/h4-6,9H,7-8H2,1-3H3,(H2,19,20,21);1H. The average Bonchev–Trinajstić information content (AvgIpc) is 3.12. The lowest BCUT2D eigenvalue weighted by Crippen LogP contribution is -2.36. The van der Waals surface area contributed by atoms with E-state index in [1.807, 2.05) is 19.2 Å². The number of nitrogens with one attached hydrogen (secondary N) is 2.